The third-order valence-electron chi connectivity index (χ3n) is 13.3. The number of fused-ring (bicyclic) bond motifs is 7. The smallest absolute Gasteiger partial charge is 0.0662 e. The van der Waals surface area contributed by atoms with Gasteiger partial charge in [-0.15, -0.1) is 0 Å². The summed E-state index contributed by atoms with van der Waals surface area (Å²) in [5, 5.41) is 33.3. The van der Waals surface area contributed by atoms with E-state index in [1.165, 1.54) is 18.4 Å². The van der Waals surface area contributed by atoms with E-state index in [-0.39, 0.29) is 57.2 Å². The van der Waals surface area contributed by atoms with Gasteiger partial charge in [-0.3, -0.25) is 0 Å². The second-order valence-corrected chi connectivity index (χ2v) is 15.1. The minimum atomic E-state index is -0.389. The lowest BCUT2D eigenvalue weighted by Gasteiger charge is -2.71. The molecule has 0 bridgehead atoms. The molecule has 5 aliphatic carbocycles. The predicted molar refractivity (Wildman–Crippen MR) is 134 cm³/mol. The highest BCUT2D eigenvalue weighted by Crippen LogP contribution is 2.75. The standard InChI is InChI=1S/C30H50O3/c1-25(2)14-16-30(18-31)17-15-28(6)19(23(30)24(25)33)8-9-21-27(5)12-11-22(32)26(3,4)20(27)10-13-29(21,28)7/h8,20-24,31-33H,9-18H2,1-7H3. The molecule has 0 saturated heterocycles. The van der Waals surface area contributed by atoms with Crippen LogP contribution in [0.2, 0.25) is 0 Å². The fourth-order valence-electron chi connectivity index (χ4n) is 10.6. The minimum absolute atomic E-state index is 0.0264. The molecule has 4 saturated carbocycles. The maximum Gasteiger partial charge on any atom is 0.0662 e. The van der Waals surface area contributed by atoms with Crippen LogP contribution in [0.15, 0.2) is 11.6 Å². The van der Waals surface area contributed by atoms with E-state index >= 15 is 0 Å². The van der Waals surface area contributed by atoms with Crippen LogP contribution in [0.4, 0.5) is 0 Å². The van der Waals surface area contributed by atoms with Crippen molar-refractivity contribution in [2.45, 2.75) is 118 Å². The molecule has 3 nitrogen and oxygen atoms in total. The van der Waals surface area contributed by atoms with Crippen LogP contribution in [0.5, 0.6) is 0 Å². The maximum atomic E-state index is 11.7. The fourth-order valence-corrected chi connectivity index (χ4v) is 10.6. The normalized spacial score (nSPS) is 54.8. The van der Waals surface area contributed by atoms with E-state index in [1.54, 1.807) is 0 Å². The van der Waals surface area contributed by atoms with Crippen LogP contribution in [0.25, 0.3) is 0 Å². The molecule has 3 N–H and O–H groups in total. The fraction of sp³-hybridized carbons (Fsp3) is 0.933. The Morgan fingerprint density at radius 3 is 2.15 bits per heavy atom. The van der Waals surface area contributed by atoms with Gasteiger partial charge in [0.2, 0.25) is 0 Å². The number of aliphatic hydroxyl groups is 3. The van der Waals surface area contributed by atoms with E-state index < -0.39 is 0 Å². The van der Waals surface area contributed by atoms with Crippen LogP contribution in [0, 0.1) is 50.2 Å². The molecule has 188 valence electrons. The van der Waals surface area contributed by atoms with E-state index in [4.69, 9.17) is 0 Å². The lowest BCUT2D eigenvalue weighted by molar-refractivity contribution is -0.211. The number of allylic oxidation sites excluding steroid dienone is 1. The van der Waals surface area contributed by atoms with Crippen molar-refractivity contribution in [2.75, 3.05) is 6.61 Å². The summed E-state index contributed by atoms with van der Waals surface area (Å²) in [7, 11) is 0. The first-order valence-corrected chi connectivity index (χ1v) is 13.9. The van der Waals surface area contributed by atoms with Gasteiger partial charge in [0, 0.05) is 17.9 Å². The zero-order valence-corrected chi connectivity index (χ0v) is 22.4. The first kappa shape index (κ1) is 24.3. The molecule has 0 aromatic rings. The Labute approximate surface area is 202 Å². The highest BCUT2D eigenvalue weighted by Gasteiger charge is 2.69. The molecule has 3 heteroatoms. The van der Waals surface area contributed by atoms with Crippen molar-refractivity contribution in [3.8, 4) is 0 Å². The Morgan fingerprint density at radius 1 is 0.818 bits per heavy atom. The second-order valence-electron chi connectivity index (χ2n) is 15.1. The largest absolute Gasteiger partial charge is 0.396 e. The molecule has 0 heterocycles. The van der Waals surface area contributed by atoms with Crippen LogP contribution >= 0.6 is 0 Å². The molecule has 0 aliphatic heterocycles. The van der Waals surface area contributed by atoms with Crippen LogP contribution in [0.1, 0.15) is 106 Å². The van der Waals surface area contributed by atoms with Crippen molar-refractivity contribution in [2.24, 2.45) is 50.2 Å². The summed E-state index contributed by atoms with van der Waals surface area (Å²) < 4.78 is 0. The molecular weight excluding hydrogens is 408 g/mol. The van der Waals surface area contributed by atoms with Crippen molar-refractivity contribution in [3.63, 3.8) is 0 Å². The molecule has 0 aromatic heterocycles. The van der Waals surface area contributed by atoms with Crippen molar-refractivity contribution >= 4 is 0 Å². The highest BCUT2D eigenvalue weighted by molar-refractivity contribution is 5.35. The summed E-state index contributed by atoms with van der Waals surface area (Å²) in [6, 6.07) is 0. The molecule has 0 aromatic carbocycles. The molecule has 5 aliphatic rings. The zero-order valence-electron chi connectivity index (χ0n) is 22.4. The first-order valence-electron chi connectivity index (χ1n) is 13.9. The van der Waals surface area contributed by atoms with Crippen molar-refractivity contribution < 1.29 is 15.3 Å². The Bertz CT molecular complexity index is 843. The van der Waals surface area contributed by atoms with Crippen LogP contribution in [-0.4, -0.2) is 34.1 Å². The van der Waals surface area contributed by atoms with E-state index in [9.17, 15) is 15.3 Å². The van der Waals surface area contributed by atoms with Gasteiger partial charge >= 0.3 is 0 Å². The average molecular weight is 459 g/mol. The van der Waals surface area contributed by atoms with Crippen LogP contribution in [-0.2, 0) is 0 Å². The summed E-state index contributed by atoms with van der Waals surface area (Å²) in [6.07, 6.45) is 11.7. The number of aliphatic hydroxyl groups excluding tert-OH is 3. The summed E-state index contributed by atoms with van der Waals surface area (Å²) in [4.78, 5) is 0. The Morgan fingerprint density at radius 2 is 1.48 bits per heavy atom. The van der Waals surface area contributed by atoms with Gasteiger partial charge in [-0.05, 0) is 96.7 Å². The predicted octanol–water partition coefficient (Wildman–Crippen LogP) is 6.11. The lowest BCUT2D eigenvalue weighted by Crippen LogP contribution is -2.66. The van der Waals surface area contributed by atoms with Gasteiger partial charge in [0.15, 0.2) is 0 Å². The van der Waals surface area contributed by atoms with E-state index in [1.807, 2.05) is 0 Å². The van der Waals surface area contributed by atoms with Gasteiger partial charge in [0.1, 0.15) is 0 Å². The summed E-state index contributed by atoms with van der Waals surface area (Å²) in [5.41, 5.74) is 1.72. The number of hydrogen-bond acceptors (Lipinski definition) is 3. The molecule has 0 amide bonds. The first-order chi connectivity index (χ1) is 15.2. The van der Waals surface area contributed by atoms with Crippen molar-refractivity contribution in [1.29, 1.82) is 0 Å². The summed E-state index contributed by atoms with van der Waals surface area (Å²) >= 11 is 0. The van der Waals surface area contributed by atoms with Gasteiger partial charge in [0.05, 0.1) is 12.2 Å². The van der Waals surface area contributed by atoms with Crippen molar-refractivity contribution in [3.05, 3.63) is 11.6 Å². The third-order valence-corrected chi connectivity index (χ3v) is 13.3. The Balaban J connectivity index is 1.60. The number of rotatable bonds is 1. The SMILES string of the molecule is CC1(C)CCC2(CO)CCC3(C)C(=CCC4C5(C)CCC(O)C(C)(C)C5CCC43C)C2C1O. The molecule has 0 spiro atoms. The quantitative estimate of drug-likeness (QED) is 0.415. The minimum Gasteiger partial charge on any atom is -0.396 e. The van der Waals surface area contributed by atoms with E-state index in [2.05, 4.69) is 54.5 Å². The molecule has 33 heavy (non-hydrogen) atoms. The topological polar surface area (TPSA) is 60.7 Å². The number of hydrogen-bond donors (Lipinski definition) is 3. The van der Waals surface area contributed by atoms with Gasteiger partial charge in [0.25, 0.3) is 0 Å². The highest BCUT2D eigenvalue weighted by atomic mass is 16.3. The zero-order chi connectivity index (χ0) is 24.2. The van der Waals surface area contributed by atoms with Crippen LogP contribution in [0.3, 0.4) is 0 Å². The molecular formula is C30H50O3. The maximum absolute atomic E-state index is 11.7. The molecule has 9 atom stereocenters. The Hall–Kier alpha value is -0.380. The third kappa shape index (κ3) is 2.85. The average Bonchev–Trinajstić information content (AvgIpc) is 2.74. The monoisotopic (exact) mass is 458 g/mol. The molecule has 5 rings (SSSR count). The van der Waals surface area contributed by atoms with E-state index in [0.29, 0.717) is 11.8 Å². The lowest BCUT2D eigenvalue weighted by atomic mass is 9.33. The molecule has 0 radical (unpaired) electrons. The van der Waals surface area contributed by atoms with Gasteiger partial charge in [-0.25, -0.2) is 0 Å². The van der Waals surface area contributed by atoms with E-state index in [0.717, 1.165) is 44.9 Å². The molecule has 9 unspecified atom stereocenters. The van der Waals surface area contributed by atoms with Gasteiger partial charge in [-0.2, -0.15) is 0 Å². The van der Waals surface area contributed by atoms with Crippen LogP contribution < -0.4 is 0 Å². The summed E-state index contributed by atoms with van der Waals surface area (Å²) in [5.74, 6) is 1.25. The summed E-state index contributed by atoms with van der Waals surface area (Å²) in [6.45, 7) is 16.9. The molecule has 4 fully saturated rings. The second kappa shape index (κ2) is 7.10. The van der Waals surface area contributed by atoms with Crippen molar-refractivity contribution in [1.82, 2.24) is 0 Å². The Kier molecular flexibility index (Phi) is 5.23. The van der Waals surface area contributed by atoms with Gasteiger partial charge in [-0.1, -0.05) is 60.1 Å². The van der Waals surface area contributed by atoms with Gasteiger partial charge < -0.3 is 15.3 Å².